The number of rotatable bonds is 4. The smallest absolute Gasteiger partial charge is 0.339 e. The third kappa shape index (κ3) is 3.14. The van der Waals surface area contributed by atoms with Crippen molar-refractivity contribution in [2.24, 2.45) is 0 Å². The van der Waals surface area contributed by atoms with Crippen molar-refractivity contribution in [3.05, 3.63) is 41.0 Å². The van der Waals surface area contributed by atoms with Gasteiger partial charge in [-0.15, -0.1) is 0 Å². The molecule has 2 heterocycles. The fraction of sp³-hybridized carbons (Fsp3) is 0.308. The van der Waals surface area contributed by atoms with Gasteiger partial charge in [0.05, 0.1) is 24.1 Å². The molecule has 0 bridgehead atoms. The molecule has 0 atom stereocenters. The first-order valence-corrected chi connectivity index (χ1v) is 6.69. The molecule has 0 aromatic carbocycles. The van der Waals surface area contributed by atoms with Crippen molar-refractivity contribution in [1.29, 1.82) is 0 Å². The number of pyridine rings is 1. The number of oxazole rings is 1. The Balaban J connectivity index is 2.13. The predicted octanol–water partition coefficient (Wildman–Crippen LogP) is 2.77. The Hall–Kier alpha value is -1.82. The van der Waals surface area contributed by atoms with Crippen LogP contribution < -0.4 is 0 Å². The van der Waals surface area contributed by atoms with Gasteiger partial charge in [-0.05, 0) is 26.0 Å². The zero-order valence-electron chi connectivity index (χ0n) is 11.0. The van der Waals surface area contributed by atoms with Crippen molar-refractivity contribution in [2.75, 3.05) is 7.11 Å². The van der Waals surface area contributed by atoms with Crippen molar-refractivity contribution >= 4 is 17.7 Å². The Morgan fingerprint density at radius 3 is 2.89 bits per heavy atom. The van der Waals surface area contributed by atoms with E-state index in [9.17, 15) is 4.79 Å². The Morgan fingerprint density at radius 2 is 2.26 bits per heavy atom. The number of carbonyl (C=O) groups is 1. The first-order valence-electron chi connectivity index (χ1n) is 5.71. The van der Waals surface area contributed by atoms with Crippen LogP contribution in [0.15, 0.2) is 28.0 Å². The molecule has 5 nitrogen and oxygen atoms in total. The minimum Gasteiger partial charge on any atom is -0.465 e. The molecule has 0 amide bonds. The summed E-state index contributed by atoms with van der Waals surface area (Å²) in [4.78, 5) is 20.1. The van der Waals surface area contributed by atoms with Crippen LogP contribution in [0.5, 0.6) is 0 Å². The summed E-state index contributed by atoms with van der Waals surface area (Å²) >= 11 is 1.40. The van der Waals surface area contributed by atoms with Crippen LogP contribution in [-0.2, 0) is 10.5 Å². The Kier molecular flexibility index (Phi) is 4.21. The van der Waals surface area contributed by atoms with Gasteiger partial charge in [0.15, 0.2) is 0 Å². The van der Waals surface area contributed by atoms with E-state index >= 15 is 0 Å². The average molecular weight is 278 g/mol. The number of esters is 1. The first kappa shape index (κ1) is 13.6. The Morgan fingerprint density at radius 1 is 1.47 bits per heavy atom. The Bertz CT molecular complexity index is 576. The molecule has 0 aliphatic rings. The molecule has 2 rings (SSSR count). The van der Waals surface area contributed by atoms with E-state index in [1.54, 1.807) is 18.3 Å². The van der Waals surface area contributed by atoms with Gasteiger partial charge in [-0.2, -0.15) is 0 Å². The van der Waals surface area contributed by atoms with Crippen LogP contribution in [0.2, 0.25) is 0 Å². The molecular formula is C13H14N2O3S. The van der Waals surface area contributed by atoms with Gasteiger partial charge in [-0.3, -0.25) is 4.98 Å². The summed E-state index contributed by atoms with van der Waals surface area (Å²) < 4.78 is 10.2. The van der Waals surface area contributed by atoms with Gasteiger partial charge < -0.3 is 9.15 Å². The van der Waals surface area contributed by atoms with Crippen molar-refractivity contribution < 1.29 is 13.9 Å². The van der Waals surface area contributed by atoms with Crippen LogP contribution in [-0.4, -0.2) is 23.0 Å². The fourth-order valence-corrected chi connectivity index (χ4v) is 2.36. The van der Waals surface area contributed by atoms with Gasteiger partial charge in [0.25, 0.3) is 5.22 Å². The highest BCUT2D eigenvalue weighted by molar-refractivity contribution is 7.98. The van der Waals surface area contributed by atoms with E-state index in [4.69, 9.17) is 9.15 Å². The lowest BCUT2D eigenvalue weighted by Gasteiger charge is -2.04. The fourth-order valence-electron chi connectivity index (χ4n) is 1.48. The third-order valence-corrected chi connectivity index (χ3v) is 3.48. The monoisotopic (exact) mass is 278 g/mol. The topological polar surface area (TPSA) is 65.2 Å². The molecule has 100 valence electrons. The van der Waals surface area contributed by atoms with E-state index in [-0.39, 0.29) is 5.97 Å². The summed E-state index contributed by atoms with van der Waals surface area (Å²) in [5.74, 6) is 0.921. The molecule has 0 spiro atoms. The molecule has 0 N–H and O–H groups in total. The summed E-state index contributed by atoms with van der Waals surface area (Å²) in [6.45, 7) is 3.76. The van der Waals surface area contributed by atoms with Crippen LogP contribution in [0.1, 0.15) is 27.5 Å². The van der Waals surface area contributed by atoms with Crippen LogP contribution >= 0.6 is 11.8 Å². The standard InChI is InChI=1S/C13H14N2O3S/c1-8-9(2)18-13(15-8)19-7-11-10(12(16)17-3)5-4-6-14-11/h4-6H,7H2,1-3H3. The summed E-state index contributed by atoms with van der Waals surface area (Å²) in [5, 5.41) is 0.580. The van der Waals surface area contributed by atoms with E-state index in [2.05, 4.69) is 9.97 Å². The molecule has 19 heavy (non-hydrogen) atoms. The number of thioether (sulfide) groups is 1. The van der Waals surface area contributed by atoms with Crippen molar-refractivity contribution in [2.45, 2.75) is 24.8 Å². The van der Waals surface area contributed by atoms with E-state index in [1.165, 1.54) is 18.9 Å². The molecule has 0 aliphatic carbocycles. The second-order valence-electron chi connectivity index (χ2n) is 3.90. The van der Waals surface area contributed by atoms with Crippen LogP contribution in [0, 0.1) is 13.8 Å². The summed E-state index contributed by atoms with van der Waals surface area (Å²) in [5.41, 5.74) is 2.00. The number of carbonyl (C=O) groups excluding carboxylic acids is 1. The minimum absolute atomic E-state index is 0.386. The quantitative estimate of drug-likeness (QED) is 0.633. The predicted molar refractivity (Wildman–Crippen MR) is 71.1 cm³/mol. The molecule has 0 saturated carbocycles. The van der Waals surface area contributed by atoms with Gasteiger partial charge in [0.2, 0.25) is 0 Å². The lowest BCUT2D eigenvalue weighted by Crippen LogP contribution is -2.06. The van der Waals surface area contributed by atoms with Gasteiger partial charge in [0.1, 0.15) is 5.76 Å². The number of hydrogen-bond donors (Lipinski definition) is 0. The average Bonchev–Trinajstić information content (AvgIpc) is 2.75. The summed E-state index contributed by atoms with van der Waals surface area (Å²) in [6.07, 6.45) is 1.65. The number of nitrogens with zero attached hydrogens (tertiary/aromatic N) is 2. The highest BCUT2D eigenvalue weighted by Gasteiger charge is 2.14. The summed E-state index contributed by atoms with van der Waals surface area (Å²) in [7, 11) is 1.35. The van der Waals surface area contributed by atoms with E-state index in [0.29, 0.717) is 22.2 Å². The van der Waals surface area contributed by atoms with Crippen LogP contribution in [0.25, 0.3) is 0 Å². The highest BCUT2D eigenvalue weighted by Crippen LogP contribution is 2.24. The molecule has 6 heteroatoms. The molecule has 2 aromatic rings. The van der Waals surface area contributed by atoms with Gasteiger partial charge in [-0.25, -0.2) is 9.78 Å². The number of aromatic nitrogens is 2. The third-order valence-electron chi connectivity index (χ3n) is 2.64. The number of aryl methyl sites for hydroxylation is 2. The molecule has 2 aromatic heterocycles. The molecule has 0 fully saturated rings. The van der Waals surface area contributed by atoms with Crippen molar-refractivity contribution in [3.8, 4) is 0 Å². The van der Waals surface area contributed by atoms with Gasteiger partial charge in [-0.1, -0.05) is 11.8 Å². The summed E-state index contributed by atoms with van der Waals surface area (Å²) in [6, 6.07) is 3.40. The number of ether oxygens (including phenoxy) is 1. The number of methoxy groups -OCH3 is 1. The maximum absolute atomic E-state index is 11.6. The molecule has 0 unspecified atom stereocenters. The maximum Gasteiger partial charge on any atom is 0.339 e. The zero-order chi connectivity index (χ0) is 13.8. The second-order valence-corrected chi connectivity index (χ2v) is 4.83. The zero-order valence-corrected chi connectivity index (χ0v) is 11.8. The maximum atomic E-state index is 11.6. The first-order chi connectivity index (χ1) is 9.11. The normalized spacial score (nSPS) is 10.5. The lowest BCUT2D eigenvalue weighted by atomic mass is 10.2. The van der Waals surface area contributed by atoms with Gasteiger partial charge in [0, 0.05) is 11.9 Å². The number of hydrogen-bond acceptors (Lipinski definition) is 6. The molecular weight excluding hydrogens is 264 g/mol. The largest absolute Gasteiger partial charge is 0.465 e. The van der Waals surface area contributed by atoms with Crippen LogP contribution in [0.3, 0.4) is 0 Å². The van der Waals surface area contributed by atoms with Crippen molar-refractivity contribution in [1.82, 2.24) is 9.97 Å². The second kappa shape index (κ2) is 5.88. The van der Waals surface area contributed by atoms with E-state index in [0.717, 1.165) is 11.5 Å². The van der Waals surface area contributed by atoms with Crippen LogP contribution in [0.4, 0.5) is 0 Å². The van der Waals surface area contributed by atoms with Crippen molar-refractivity contribution in [3.63, 3.8) is 0 Å². The molecule has 0 saturated heterocycles. The lowest BCUT2D eigenvalue weighted by molar-refractivity contribution is 0.0599. The minimum atomic E-state index is -0.386. The van der Waals surface area contributed by atoms with E-state index in [1.807, 2.05) is 13.8 Å². The molecule has 0 aliphatic heterocycles. The SMILES string of the molecule is COC(=O)c1cccnc1CSc1nc(C)c(C)o1. The molecule has 0 radical (unpaired) electrons. The van der Waals surface area contributed by atoms with E-state index < -0.39 is 0 Å². The van der Waals surface area contributed by atoms with Gasteiger partial charge >= 0.3 is 5.97 Å². The highest BCUT2D eigenvalue weighted by atomic mass is 32.2. The Labute approximate surface area is 115 Å².